The first kappa shape index (κ1) is 12.6. The summed E-state index contributed by atoms with van der Waals surface area (Å²) in [5.74, 6) is -1.29. The number of nitrogens with two attached hydrogens (primary N) is 1. The summed E-state index contributed by atoms with van der Waals surface area (Å²) >= 11 is 0. The summed E-state index contributed by atoms with van der Waals surface area (Å²) in [6.45, 7) is 0.846. The standard InChI is InChI=1S/C12H14FNO4/c13-8-4-7(5-9(14)12(15)16)6-10-11(8)18-3-1-2-17-10/h4,6,9H,1-3,5,14H2,(H,15,16). The third-order valence-corrected chi connectivity index (χ3v) is 2.63. The molecule has 0 fully saturated rings. The summed E-state index contributed by atoms with van der Waals surface area (Å²) in [6, 6.07) is 1.75. The van der Waals surface area contributed by atoms with Crippen molar-refractivity contribution >= 4 is 5.97 Å². The van der Waals surface area contributed by atoms with E-state index in [0.717, 1.165) is 0 Å². The molecule has 0 radical (unpaired) electrons. The van der Waals surface area contributed by atoms with Gasteiger partial charge in [-0.15, -0.1) is 0 Å². The van der Waals surface area contributed by atoms with Crippen molar-refractivity contribution in [3.63, 3.8) is 0 Å². The van der Waals surface area contributed by atoms with Crippen molar-refractivity contribution in [3.8, 4) is 11.5 Å². The summed E-state index contributed by atoms with van der Waals surface area (Å²) in [5, 5.41) is 8.72. The highest BCUT2D eigenvalue weighted by molar-refractivity contribution is 5.73. The van der Waals surface area contributed by atoms with Gasteiger partial charge in [0, 0.05) is 6.42 Å². The Balaban J connectivity index is 2.26. The molecule has 1 aliphatic rings. The Morgan fingerprint density at radius 3 is 2.89 bits per heavy atom. The molecule has 18 heavy (non-hydrogen) atoms. The lowest BCUT2D eigenvalue weighted by molar-refractivity contribution is -0.138. The van der Waals surface area contributed by atoms with Gasteiger partial charge in [-0.05, 0) is 24.1 Å². The van der Waals surface area contributed by atoms with E-state index in [1.165, 1.54) is 6.07 Å². The van der Waals surface area contributed by atoms with Crippen LogP contribution in [0.4, 0.5) is 4.39 Å². The highest BCUT2D eigenvalue weighted by Crippen LogP contribution is 2.33. The third kappa shape index (κ3) is 2.70. The van der Waals surface area contributed by atoms with Gasteiger partial charge in [-0.1, -0.05) is 0 Å². The Hall–Kier alpha value is -1.82. The molecule has 0 saturated carbocycles. The van der Waals surface area contributed by atoms with Gasteiger partial charge < -0.3 is 20.3 Å². The molecule has 1 aromatic carbocycles. The average Bonchev–Trinajstić information content (AvgIpc) is 2.54. The summed E-state index contributed by atoms with van der Waals surface area (Å²) in [7, 11) is 0. The van der Waals surface area contributed by atoms with Crippen molar-refractivity contribution < 1.29 is 23.8 Å². The molecule has 0 amide bonds. The topological polar surface area (TPSA) is 81.8 Å². The number of aliphatic carboxylic acids is 1. The fraction of sp³-hybridized carbons (Fsp3) is 0.417. The molecule has 1 atom stereocenters. The Kier molecular flexibility index (Phi) is 3.66. The van der Waals surface area contributed by atoms with Crippen molar-refractivity contribution in [1.29, 1.82) is 0 Å². The van der Waals surface area contributed by atoms with Gasteiger partial charge in [0.05, 0.1) is 13.2 Å². The van der Waals surface area contributed by atoms with Gasteiger partial charge in [0.1, 0.15) is 6.04 Å². The minimum atomic E-state index is -1.12. The van der Waals surface area contributed by atoms with Gasteiger partial charge in [-0.25, -0.2) is 4.39 Å². The van der Waals surface area contributed by atoms with Crippen LogP contribution in [0.25, 0.3) is 0 Å². The maximum absolute atomic E-state index is 13.8. The smallest absolute Gasteiger partial charge is 0.320 e. The van der Waals surface area contributed by atoms with Crippen LogP contribution in [0.5, 0.6) is 11.5 Å². The normalized spacial score (nSPS) is 15.9. The first-order valence-corrected chi connectivity index (χ1v) is 5.64. The van der Waals surface area contributed by atoms with Crippen LogP contribution in [0, 0.1) is 5.82 Å². The minimum absolute atomic E-state index is 0.0445. The molecule has 0 bridgehead atoms. The van der Waals surface area contributed by atoms with Gasteiger partial charge in [-0.2, -0.15) is 0 Å². The molecule has 0 saturated heterocycles. The Morgan fingerprint density at radius 2 is 2.17 bits per heavy atom. The predicted octanol–water partition coefficient (Wildman–Crippen LogP) is 0.941. The number of halogens is 1. The zero-order valence-corrected chi connectivity index (χ0v) is 9.69. The molecule has 6 heteroatoms. The zero-order chi connectivity index (χ0) is 13.1. The number of hydrogen-bond donors (Lipinski definition) is 2. The third-order valence-electron chi connectivity index (χ3n) is 2.63. The molecule has 98 valence electrons. The van der Waals surface area contributed by atoms with E-state index in [1.54, 1.807) is 6.07 Å². The SMILES string of the molecule is NC(Cc1cc(F)c2c(c1)OCCCO2)C(=O)O. The van der Waals surface area contributed by atoms with Crippen LogP contribution in [0.15, 0.2) is 12.1 Å². The van der Waals surface area contributed by atoms with E-state index in [0.29, 0.717) is 30.9 Å². The monoisotopic (exact) mass is 255 g/mol. The summed E-state index contributed by atoms with van der Waals surface area (Å²) in [5.41, 5.74) is 5.89. The van der Waals surface area contributed by atoms with Crippen molar-refractivity contribution in [2.24, 2.45) is 5.73 Å². The predicted molar refractivity (Wildman–Crippen MR) is 61.3 cm³/mol. The average molecular weight is 255 g/mol. The maximum Gasteiger partial charge on any atom is 0.320 e. The van der Waals surface area contributed by atoms with E-state index in [-0.39, 0.29) is 12.2 Å². The quantitative estimate of drug-likeness (QED) is 0.840. The van der Waals surface area contributed by atoms with Crippen LogP contribution in [-0.2, 0) is 11.2 Å². The lowest BCUT2D eigenvalue weighted by Gasteiger charge is -2.12. The zero-order valence-electron chi connectivity index (χ0n) is 9.69. The highest BCUT2D eigenvalue weighted by Gasteiger charge is 2.19. The van der Waals surface area contributed by atoms with E-state index in [2.05, 4.69) is 0 Å². The van der Waals surface area contributed by atoms with E-state index < -0.39 is 17.8 Å². The molecule has 1 heterocycles. The number of rotatable bonds is 3. The van der Waals surface area contributed by atoms with Gasteiger partial charge in [0.25, 0.3) is 0 Å². The molecule has 1 aliphatic heterocycles. The van der Waals surface area contributed by atoms with E-state index in [4.69, 9.17) is 20.3 Å². The van der Waals surface area contributed by atoms with Gasteiger partial charge in [0.15, 0.2) is 17.3 Å². The first-order chi connectivity index (χ1) is 8.58. The lowest BCUT2D eigenvalue weighted by atomic mass is 10.1. The summed E-state index contributed by atoms with van der Waals surface area (Å²) in [4.78, 5) is 10.7. The fourth-order valence-corrected chi connectivity index (χ4v) is 1.74. The summed E-state index contributed by atoms with van der Waals surface area (Å²) in [6.07, 6.45) is 0.723. The van der Waals surface area contributed by atoms with Crippen molar-refractivity contribution in [2.75, 3.05) is 13.2 Å². The molecular weight excluding hydrogens is 241 g/mol. The van der Waals surface area contributed by atoms with Crippen molar-refractivity contribution in [3.05, 3.63) is 23.5 Å². The van der Waals surface area contributed by atoms with E-state index >= 15 is 0 Å². The fourth-order valence-electron chi connectivity index (χ4n) is 1.74. The molecular formula is C12H14FNO4. The van der Waals surface area contributed by atoms with Crippen LogP contribution in [-0.4, -0.2) is 30.3 Å². The Labute approximate surface area is 103 Å². The number of ether oxygens (including phenoxy) is 2. The summed E-state index contributed by atoms with van der Waals surface area (Å²) < 4.78 is 24.4. The van der Waals surface area contributed by atoms with Crippen molar-refractivity contribution in [2.45, 2.75) is 18.9 Å². The highest BCUT2D eigenvalue weighted by atomic mass is 19.1. The van der Waals surface area contributed by atoms with Crippen LogP contribution in [0.1, 0.15) is 12.0 Å². The van der Waals surface area contributed by atoms with E-state index in [1.807, 2.05) is 0 Å². The van der Waals surface area contributed by atoms with Crippen molar-refractivity contribution in [1.82, 2.24) is 0 Å². The molecule has 5 nitrogen and oxygen atoms in total. The number of carboxylic acid groups (broad SMARTS) is 1. The minimum Gasteiger partial charge on any atom is -0.489 e. The molecule has 1 unspecified atom stereocenters. The Bertz CT molecular complexity index is 464. The maximum atomic E-state index is 13.8. The molecule has 0 aromatic heterocycles. The van der Waals surface area contributed by atoms with Crippen LogP contribution >= 0.6 is 0 Å². The second kappa shape index (κ2) is 5.22. The molecule has 1 aromatic rings. The van der Waals surface area contributed by atoms with Gasteiger partial charge in [0.2, 0.25) is 0 Å². The Morgan fingerprint density at radius 1 is 1.44 bits per heavy atom. The molecule has 2 rings (SSSR count). The van der Waals surface area contributed by atoms with E-state index in [9.17, 15) is 9.18 Å². The number of carbonyl (C=O) groups is 1. The largest absolute Gasteiger partial charge is 0.489 e. The number of benzene rings is 1. The second-order valence-electron chi connectivity index (χ2n) is 4.10. The van der Waals surface area contributed by atoms with Crippen LogP contribution < -0.4 is 15.2 Å². The van der Waals surface area contributed by atoms with Crippen LogP contribution in [0.3, 0.4) is 0 Å². The first-order valence-electron chi connectivity index (χ1n) is 5.64. The number of hydrogen-bond acceptors (Lipinski definition) is 4. The van der Waals surface area contributed by atoms with Gasteiger partial charge >= 0.3 is 5.97 Å². The second-order valence-corrected chi connectivity index (χ2v) is 4.10. The molecule has 3 N–H and O–H groups in total. The lowest BCUT2D eigenvalue weighted by Crippen LogP contribution is -2.32. The molecule has 0 aliphatic carbocycles. The number of carboxylic acids is 1. The number of fused-ring (bicyclic) bond motifs is 1. The van der Waals surface area contributed by atoms with Gasteiger partial charge in [-0.3, -0.25) is 4.79 Å². The molecule has 0 spiro atoms. The van der Waals surface area contributed by atoms with Crippen LogP contribution in [0.2, 0.25) is 0 Å².